The fourth-order valence-electron chi connectivity index (χ4n) is 1.04. The first-order valence-electron chi connectivity index (χ1n) is 4.56. The second-order valence-corrected chi connectivity index (χ2v) is 3.49. The lowest BCUT2D eigenvalue weighted by Gasteiger charge is -2.12. The Bertz CT molecular complexity index is 271. The van der Waals surface area contributed by atoms with Crippen molar-refractivity contribution >= 4 is 17.8 Å². The van der Waals surface area contributed by atoms with Crippen molar-refractivity contribution in [1.82, 2.24) is 0 Å². The van der Waals surface area contributed by atoms with Crippen molar-refractivity contribution in [3.8, 4) is 0 Å². The number of hydrogen-bond acceptors (Lipinski definition) is 3. The average Bonchev–Trinajstić information content (AvgIpc) is 2.10. The Morgan fingerprint density at radius 2 is 1.87 bits per heavy atom. The molecule has 0 bridgehead atoms. The molecule has 0 saturated heterocycles. The van der Waals surface area contributed by atoms with Gasteiger partial charge in [-0.25, -0.2) is 0 Å². The van der Waals surface area contributed by atoms with Gasteiger partial charge in [0.15, 0.2) is 0 Å². The monoisotopic (exact) mass is 216 g/mol. The molecule has 15 heavy (non-hydrogen) atoms. The molecular weight excluding hydrogens is 200 g/mol. The van der Waals surface area contributed by atoms with Gasteiger partial charge in [0.2, 0.25) is 0 Å². The number of hydrogen-bond donors (Lipinski definition) is 3. The van der Waals surface area contributed by atoms with Crippen LogP contribution in [0.15, 0.2) is 4.99 Å². The number of aliphatic imine (C=N–C) groups is 1. The van der Waals surface area contributed by atoms with Gasteiger partial charge in [-0.3, -0.25) is 14.6 Å². The predicted molar refractivity (Wildman–Crippen MR) is 54.7 cm³/mol. The first-order valence-corrected chi connectivity index (χ1v) is 4.56. The van der Waals surface area contributed by atoms with E-state index in [0.29, 0.717) is 5.84 Å². The fraction of sp³-hybridized carbons (Fsp3) is 0.667. The topological polar surface area (TPSA) is 113 Å². The number of aliphatic carboxylic acids is 2. The van der Waals surface area contributed by atoms with Crippen molar-refractivity contribution < 1.29 is 19.8 Å². The molecule has 0 aliphatic rings. The van der Waals surface area contributed by atoms with E-state index < -0.39 is 23.8 Å². The molecule has 0 aromatic carbocycles. The first kappa shape index (κ1) is 13.4. The Morgan fingerprint density at radius 3 is 2.20 bits per heavy atom. The minimum atomic E-state index is -1.05. The smallest absolute Gasteiger partial charge is 0.308 e. The molecule has 6 nitrogen and oxygen atoms in total. The van der Waals surface area contributed by atoms with Gasteiger partial charge in [0.25, 0.3) is 0 Å². The van der Waals surface area contributed by atoms with Crippen LogP contribution in [0.25, 0.3) is 0 Å². The lowest BCUT2D eigenvalue weighted by atomic mass is 9.96. The zero-order chi connectivity index (χ0) is 12.0. The maximum Gasteiger partial charge on any atom is 0.308 e. The third kappa shape index (κ3) is 5.66. The van der Waals surface area contributed by atoms with Gasteiger partial charge in [0.05, 0.1) is 24.2 Å². The van der Waals surface area contributed by atoms with Crippen molar-refractivity contribution in [3.05, 3.63) is 0 Å². The molecule has 0 aliphatic heterocycles. The van der Waals surface area contributed by atoms with Crippen LogP contribution in [0.4, 0.5) is 0 Å². The summed E-state index contributed by atoms with van der Waals surface area (Å²) >= 11 is 0. The summed E-state index contributed by atoms with van der Waals surface area (Å²) in [5, 5.41) is 17.5. The van der Waals surface area contributed by atoms with Crippen molar-refractivity contribution in [2.45, 2.75) is 20.3 Å². The molecule has 4 N–H and O–H groups in total. The van der Waals surface area contributed by atoms with Gasteiger partial charge in [-0.1, -0.05) is 6.92 Å². The predicted octanol–water partition coefficient (Wildman–Crippen LogP) is 0.175. The summed E-state index contributed by atoms with van der Waals surface area (Å²) in [4.78, 5) is 25.1. The summed E-state index contributed by atoms with van der Waals surface area (Å²) in [7, 11) is 0. The van der Waals surface area contributed by atoms with Gasteiger partial charge in [-0.15, -0.1) is 0 Å². The molecule has 0 aromatic heterocycles. The van der Waals surface area contributed by atoms with Crippen LogP contribution in [-0.4, -0.2) is 34.5 Å². The van der Waals surface area contributed by atoms with Gasteiger partial charge in [-0.05, 0) is 13.3 Å². The van der Waals surface area contributed by atoms with E-state index in [1.54, 1.807) is 6.92 Å². The van der Waals surface area contributed by atoms with E-state index in [4.69, 9.17) is 15.9 Å². The standard InChI is InChI=1S/C9H16N2O4/c1-5(8(12)13)3-7(9(14)15)4-11-6(2)10/h5,7H,3-4H2,1-2H3,(H2,10,11)(H,12,13)(H,14,15). The Balaban J connectivity index is 4.35. The maximum atomic E-state index is 10.8. The van der Waals surface area contributed by atoms with Gasteiger partial charge in [-0.2, -0.15) is 0 Å². The number of carbonyl (C=O) groups is 2. The van der Waals surface area contributed by atoms with Crippen molar-refractivity contribution in [2.75, 3.05) is 6.54 Å². The van der Waals surface area contributed by atoms with Gasteiger partial charge in [0, 0.05) is 0 Å². The summed E-state index contributed by atoms with van der Waals surface area (Å²) in [5.41, 5.74) is 5.27. The molecule has 0 aliphatic carbocycles. The van der Waals surface area contributed by atoms with E-state index >= 15 is 0 Å². The largest absolute Gasteiger partial charge is 0.481 e. The quantitative estimate of drug-likeness (QED) is 0.433. The number of carboxylic acid groups (broad SMARTS) is 2. The highest BCUT2D eigenvalue weighted by molar-refractivity contribution is 5.78. The number of nitrogens with two attached hydrogens (primary N) is 1. The normalized spacial score (nSPS) is 15.7. The molecule has 0 spiro atoms. The van der Waals surface area contributed by atoms with Gasteiger partial charge >= 0.3 is 11.9 Å². The Kier molecular flexibility index (Phi) is 5.36. The van der Waals surface area contributed by atoms with E-state index in [2.05, 4.69) is 4.99 Å². The van der Waals surface area contributed by atoms with Crippen LogP contribution in [-0.2, 0) is 9.59 Å². The number of carboxylic acids is 2. The zero-order valence-corrected chi connectivity index (χ0v) is 8.80. The maximum absolute atomic E-state index is 10.8. The molecule has 0 rings (SSSR count). The molecule has 0 radical (unpaired) electrons. The first-order chi connectivity index (χ1) is 6.84. The average molecular weight is 216 g/mol. The molecule has 86 valence electrons. The van der Waals surface area contributed by atoms with Crippen LogP contribution in [0.1, 0.15) is 20.3 Å². The van der Waals surface area contributed by atoms with E-state index in [0.717, 1.165) is 0 Å². The third-order valence-corrected chi connectivity index (χ3v) is 1.97. The van der Waals surface area contributed by atoms with E-state index in [1.807, 2.05) is 0 Å². The SMILES string of the molecule is CC(N)=NCC(CC(C)C(=O)O)C(=O)O. The summed E-state index contributed by atoms with van der Waals surface area (Å²) in [6, 6.07) is 0. The van der Waals surface area contributed by atoms with Crippen LogP contribution >= 0.6 is 0 Å². The second-order valence-electron chi connectivity index (χ2n) is 3.49. The van der Waals surface area contributed by atoms with Crippen LogP contribution < -0.4 is 5.73 Å². The highest BCUT2D eigenvalue weighted by atomic mass is 16.4. The summed E-state index contributed by atoms with van der Waals surface area (Å²) in [6.45, 7) is 3.05. The minimum absolute atomic E-state index is 0.0231. The second kappa shape index (κ2) is 6.00. The minimum Gasteiger partial charge on any atom is -0.481 e. The number of rotatable bonds is 6. The summed E-state index contributed by atoms with van der Waals surface area (Å²) in [5.74, 6) is -3.25. The number of nitrogens with zero attached hydrogens (tertiary/aromatic N) is 1. The Hall–Kier alpha value is -1.59. The van der Waals surface area contributed by atoms with Gasteiger partial charge in [0.1, 0.15) is 0 Å². The Labute approximate surface area is 87.8 Å². The lowest BCUT2D eigenvalue weighted by Crippen LogP contribution is -2.24. The Morgan fingerprint density at radius 1 is 1.33 bits per heavy atom. The van der Waals surface area contributed by atoms with Crippen LogP contribution in [0.5, 0.6) is 0 Å². The molecule has 6 heteroatoms. The molecule has 0 heterocycles. The number of amidine groups is 1. The van der Waals surface area contributed by atoms with Crippen LogP contribution in [0.3, 0.4) is 0 Å². The lowest BCUT2D eigenvalue weighted by molar-refractivity contribution is -0.144. The van der Waals surface area contributed by atoms with Gasteiger partial charge < -0.3 is 15.9 Å². The third-order valence-electron chi connectivity index (χ3n) is 1.97. The summed E-state index contributed by atoms with van der Waals surface area (Å²) in [6.07, 6.45) is 0.0570. The van der Waals surface area contributed by atoms with E-state index in [1.165, 1.54) is 6.92 Å². The van der Waals surface area contributed by atoms with Crippen molar-refractivity contribution in [3.63, 3.8) is 0 Å². The highest BCUT2D eigenvalue weighted by Gasteiger charge is 2.23. The molecule has 2 atom stereocenters. The highest BCUT2D eigenvalue weighted by Crippen LogP contribution is 2.13. The zero-order valence-electron chi connectivity index (χ0n) is 8.80. The van der Waals surface area contributed by atoms with Crippen molar-refractivity contribution in [1.29, 1.82) is 0 Å². The molecular formula is C9H16N2O4. The molecule has 2 unspecified atom stereocenters. The van der Waals surface area contributed by atoms with E-state index in [-0.39, 0.29) is 13.0 Å². The fourth-order valence-corrected chi connectivity index (χ4v) is 1.04. The van der Waals surface area contributed by atoms with Crippen molar-refractivity contribution in [2.24, 2.45) is 22.6 Å². The molecule has 0 saturated carbocycles. The molecule has 0 fully saturated rings. The molecule has 0 amide bonds. The van der Waals surface area contributed by atoms with Crippen LogP contribution in [0, 0.1) is 11.8 Å². The van der Waals surface area contributed by atoms with E-state index in [9.17, 15) is 9.59 Å². The molecule has 0 aromatic rings. The van der Waals surface area contributed by atoms with Crippen LogP contribution in [0.2, 0.25) is 0 Å². The summed E-state index contributed by atoms with van der Waals surface area (Å²) < 4.78 is 0.